The normalized spacial score (nSPS) is 14.3. The van der Waals surface area contributed by atoms with Crippen LogP contribution in [0.1, 0.15) is 34.6 Å². The number of aromatic nitrogens is 2. The van der Waals surface area contributed by atoms with Crippen molar-refractivity contribution in [3.63, 3.8) is 0 Å². The summed E-state index contributed by atoms with van der Waals surface area (Å²) >= 11 is 0. The highest BCUT2D eigenvalue weighted by molar-refractivity contribution is 5.85. The van der Waals surface area contributed by atoms with E-state index in [1.807, 2.05) is 10.8 Å². The molecule has 0 aliphatic heterocycles. The highest BCUT2D eigenvalue weighted by atomic mass is 16.2. The summed E-state index contributed by atoms with van der Waals surface area (Å²) in [5.74, 6) is -0.137. The van der Waals surface area contributed by atoms with E-state index in [2.05, 4.69) is 31.1 Å². The molecule has 0 aliphatic carbocycles. The topological polar surface area (TPSA) is 72.9 Å². The first-order chi connectivity index (χ1) is 8.10. The maximum Gasteiger partial charge on any atom is 0.239 e. The molecule has 1 rings (SSSR count). The average molecular weight is 252 g/mol. The third-order valence-corrected chi connectivity index (χ3v) is 2.89. The van der Waals surface area contributed by atoms with Crippen LogP contribution in [0, 0.1) is 5.41 Å². The first-order valence-corrected chi connectivity index (χ1v) is 6.16. The molecule has 1 atom stereocenters. The summed E-state index contributed by atoms with van der Waals surface area (Å²) in [7, 11) is 0. The van der Waals surface area contributed by atoms with Crippen molar-refractivity contribution in [3.8, 4) is 0 Å². The van der Waals surface area contributed by atoms with Crippen molar-refractivity contribution < 1.29 is 4.79 Å². The van der Waals surface area contributed by atoms with Crippen molar-refractivity contribution in [1.29, 1.82) is 0 Å². The second kappa shape index (κ2) is 5.10. The molecule has 0 radical (unpaired) electrons. The minimum Gasteiger partial charge on any atom is -0.349 e. The number of nitrogens with zero attached hydrogens (tertiary/aromatic N) is 2. The van der Waals surface area contributed by atoms with E-state index in [4.69, 9.17) is 5.73 Å². The van der Waals surface area contributed by atoms with Gasteiger partial charge in [0.15, 0.2) is 0 Å². The summed E-state index contributed by atoms with van der Waals surface area (Å²) in [5.41, 5.74) is 4.90. The van der Waals surface area contributed by atoms with Crippen LogP contribution < -0.4 is 11.1 Å². The summed E-state index contributed by atoms with van der Waals surface area (Å²) in [6.45, 7) is 10.4. The number of nitrogens with one attached hydrogen (secondary N) is 1. The molecule has 1 aromatic heterocycles. The summed E-state index contributed by atoms with van der Waals surface area (Å²) in [6, 6.07) is 0.00187. The van der Waals surface area contributed by atoms with Crippen molar-refractivity contribution >= 4 is 5.91 Å². The number of imidazole rings is 1. The van der Waals surface area contributed by atoms with Gasteiger partial charge in [0.2, 0.25) is 5.91 Å². The van der Waals surface area contributed by atoms with E-state index >= 15 is 0 Å². The maximum absolute atomic E-state index is 12.0. The lowest BCUT2D eigenvalue weighted by Crippen LogP contribution is -2.56. The minimum absolute atomic E-state index is 0.00187. The number of nitrogens with two attached hydrogens (primary N) is 1. The molecule has 5 heteroatoms. The molecule has 1 aromatic rings. The Bertz CT molecular complexity index is 384. The zero-order valence-corrected chi connectivity index (χ0v) is 11.9. The maximum atomic E-state index is 12.0. The SMILES string of the molecule is CC(C)(N)C(=O)NC(Cn1ccnc1)C(C)(C)C. The quantitative estimate of drug-likeness (QED) is 0.844. The van der Waals surface area contributed by atoms with Gasteiger partial charge in [-0.2, -0.15) is 0 Å². The number of hydrogen-bond donors (Lipinski definition) is 2. The second-order valence-corrected chi connectivity index (χ2v) is 6.37. The standard InChI is InChI=1S/C13H24N4O/c1-12(2,3)10(8-17-7-6-15-9-17)16-11(18)13(4,5)14/h6-7,9-10H,8,14H2,1-5H3,(H,16,18). The molecule has 0 fully saturated rings. The van der Waals surface area contributed by atoms with Gasteiger partial charge in [0.05, 0.1) is 17.9 Å². The fraction of sp³-hybridized carbons (Fsp3) is 0.692. The molecule has 0 spiro atoms. The van der Waals surface area contributed by atoms with Crippen molar-refractivity contribution in [2.75, 3.05) is 0 Å². The van der Waals surface area contributed by atoms with Crippen LogP contribution >= 0.6 is 0 Å². The highest BCUT2D eigenvalue weighted by Gasteiger charge is 2.30. The summed E-state index contributed by atoms with van der Waals surface area (Å²) in [6.07, 6.45) is 5.37. The van der Waals surface area contributed by atoms with E-state index < -0.39 is 5.54 Å². The van der Waals surface area contributed by atoms with Gasteiger partial charge in [-0.25, -0.2) is 4.98 Å². The largest absolute Gasteiger partial charge is 0.349 e. The van der Waals surface area contributed by atoms with Crippen molar-refractivity contribution in [2.45, 2.75) is 52.7 Å². The molecule has 18 heavy (non-hydrogen) atoms. The number of carbonyl (C=O) groups excluding carboxylic acids is 1. The fourth-order valence-corrected chi connectivity index (χ4v) is 1.49. The van der Waals surface area contributed by atoms with Gasteiger partial charge < -0.3 is 15.6 Å². The third-order valence-electron chi connectivity index (χ3n) is 2.89. The molecule has 5 nitrogen and oxygen atoms in total. The van der Waals surface area contributed by atoms with Crippen LogP contribution in [0.5, 0.6) is 0 Å². The van der Waals surface area contributed by atoms with Crippen LogP contribution in [-0.4, -0.2) is 27.0 Å². The van der Waals surface area contributed by atoms with Crippen LogP contribution in [0.15, 0.2) is 18.7 Å². The number of rotatable bonds is 4. The Balaban J connectivity index is 2.78. The third kappa shape index (κ3) is 4.14. The molecule has 3 N–H and O–H groups in total. The van der Waals surface area contributed by atoms with Gasteiger partial charge in [0.25, 0.3) is 0 Å². The van der Waals surface area contributed by atoms with Crippen LogP contribution in [0.2, 0.25) is 0 Å². The molecular formula is C13H24N4O. The Kier molecular flexibility index (Phi) is 4.16. The summed E-state index contributed by atoms with van der Waals surface area (Å²) < 4.78 is 1.96. The van der Waals surface area contributed by atoms with Crippen LogP contribution in [0.25, 0.3) is 0 Å². The smallest absolute Gasteiger partial charge is 0.239 e. The van der Waals surface area contributed by atoms with Crippen molar-refractivity contribution in [3.05, 3.63) is 18.7 Å². The zero-order valence-electron chi connectivity index (χ0n) is 11.9. The predicted octanol–water partition coefficient (Wildman–Crippen LogP) is 1.15. The van der Waals surface area contributed by atoms with Gasteiger partial charge in [0.1, 0.15) is 0 Å². The molecule has 102 valence electrons. The summed E-state index contributed by atoms with van der Waals surface area (Å²) in [4.78, 5) is 16.0. The lowest BCUT2D eigenvalue weighted by Gasteiger charge is -2.33. The summed E-state index contributed by atoms with van der Waals surface area (Å²) in [5, 5.41) is 3.02. The Morgan fingerprint density at radius 1 is 1.39 bits per heavy atom. The van der Waals surface area contributed by atoms with E-state index in [-0.39, 0.29) is 17.4 Å². The molecule has 0 saturated carbocycles. The molecule has 1 heterocycles. The zero-order chi connectivity index (χ0) is 14.0. The number of carbonyl (C=O) groups is 1. The number of hydrogen-bond acceptors (Lipinski definition) is 3. The molecule has 1 unspecified atom stereocenters. The second-order valence-electron chi connectivity index (χ2n) is 6.37. The first kappa shape index (κ1) is 14.7. The number of amides is 1. The Morgan fingerprint density at radius 2 is 2.00 bits per heavy atom. The Morgan fingerprint density at radius 3 is 2.39 bits per heavy atom. The Labute approximate surface area is 109 Å². The molecule has 0 aliphatic rings. The van der Waals surface area contributed by atoms with E-state index in [1.165, 1.54) is 0 Å². The molecule has 0 bridgehead atoms. The van der Waals surface area contributed by atoms with Gasteiger partial charge in [-0.3, -0.25) is 4.79 Å². The van der Waals surface area contributed by atoms with Crippen LogP contribution in [0.4, 0.5) is 0 Å². The van der Waals surface area contributed by atoms with Crippen LogP contribution in [0.3, 0.4) is 0 Å². The predicted molar refractivity (Wildman–Crippen MR) is 71.9 cm³/mol. The van der Waals surface area contributed by atoms with Gasteiger partial charge in [-0.1, -0.05) is 20.8 Å². The first-order valence-electron chi connectivity index (χ1n) is 6.16. The molecule has 0 aromatic carbocycles. The Hall–Kier alpha value is -1.36. The van der Waals surface area contributed by atoms with E-state index in [0.29, 0.717) is 6.54 Å². The average Bonchev–Trinajstić information content (AvgIpc) is 2.66. The lowest BCUT2D eigenvalue weighted by atomic mass is 9.86. The van der Waals surface area contributed by atoms with E-state index in [1.54, 1.807) is 26.4 Å². The molecule has 0 saturated heterocycles. The van der Waals surface area contributed by atoms with Crippen molar-refractivity contribution in [1.82, 2.24) is 14.9 Å². The van der Waals surface area contributed by atoms with Gasteiger partial charge in [0, 0.05) is 18.9 Å². The van der Waals surface area contributed by atoms with Crippen molar-refractivity contribution in [2.24, 2.45) is 11.1 Å². The minimum atomic E-state index is -0.863. The van der Waals surface area contributed by atoms with Gasteiger partial charge in [-0.05, 0) is 19.3 Å². The van der Waals surface area contributed by atoms with E-state index in [9.17, 15) is 4.79 Å². The van der Waals surface area contributed by atoms with Crippen LogP contribution in [-0.2, 0) is 11.3 Å². The molecular weight excluding hydrogens is 228 g/mol. The highest BCUT2D eigenvalue weighted by Crippen LogP contribution is 2.21. The van der Waals surface area contributed by atoms with E-state index in [0.717, 1.165) is 0 Å². The monoisotopic (exact) mass is 252 g/mol. The van der Waals surface area contributed by atoms with Gasteiger partial charge >= 0.3 is 0 Å². The molecule has 1 amide bonds. The van der Waals surface area contributed by atoms with Gasteiger partial charge in [-0.15, -0.1) is 0 Å². The lowest BCUT2D eigenvalue weighted by molar-refractivity contribution is -0.126. The fourth-order valence-electron chi connectivity index (χ4n) is 1.49.